The normalized spacial score (nSPS) is 9.92. The molecule has 0 spiro atoms. The second-order valence-electron chi connectivity index (χ2n) is 2.52. The van der Waals surface area contributed by atoms with E-state index in [2.05, 4.69) is 4.98 Å². The second kappa shape index (κ2) is 4.07. The van der Waals surface area contributed by atoms with Crippen LogP contribution in [0.2, 0.25) is 0 Å². The fourth-order valence-electron chi connectivity index (χ4n) is 1.01. The lowest BCUT2D eigenvalue weighted by Crippen LogP contribution is -1.98. The Bertz CT molecular complexity index is 261. The molecule has 0 aliphatic rings. The number of pyridine rings is 1. The Morgan fingerprint density at radius 3 is 2.92 bits per heavy atom. The molecule has 1 N–H and O–H groups in total. The average molecular weight is 167 g/mol. The molecule has 0 unspecified atom stereocenters. The van der Waals surface area contributed by atoms with Gasteiger partial charge in [0.1, 0.15) is 5.75 Å². The van der Waals surface area contributed by atoms with Gasteiger partial charge in [-0.1, -0.05) is 0 Å². The number of aryl methyl sites for hydroxylation is 1. The molecule has 0 aliphatic heterocycles. The molecule has 1 aromatic rings. The highest BCUT2D eigenvalue weighted by Crippen LogP contribution is 2.17. The van der Waals surface area contributed by atoms with Crippen molar-refractivity contribution in [3.8, 4) is 5.75 Å². The van der Waals surface area contributed by atoms with Crippen LogP contribution in [0.4, 0.5) is 0 Å². The van der Waals surface area contributed by atoms with Gasteiger partial charge >= 0.3 is 0 Å². The zero-order chi connectivity index (χ0) is 8.97. The van der Waals surface area contributed by atoms with Crippen molar-refractivity contribution in [1.29, 1.82) is 0 Å². The standard InChI is InChI=1S/C9H13NO2/c1-3-12-9-5-10-7(2)4-8(9)6-11/h4-5,11H,3,6H2,1-2H3. The summed E-state index contributed by atoms with van der Waals surface area (Å²) in [6.07, 6.45) is 1.64. The van der Waals surface area contributed by atoms with Crippen LogP contribution in [-0.2, 0) is 6.61 Å². The Morgan fingerprint density at radius 1 is 1.58 bits per heavy atom. The van der Waals surface area contributed by atoms with Crippen LogP contribution in [0.3, 0.4) is 0 Å². The summed E-state index contributed by atoms with van der Waals surface area (Å²) < 4.78 is 5.26. The third-order valence-electron chi connectivity index (χ3n) is 1.56. The monoisotopic (exact) mass is 167 g/mol. The zero-order valence-electron chi connectivity index (χ0n) is 7.37. The van der Waals surface area contributed by atoms with Crippen molar-refractivity contribution in [1.82, 2.24) is 4.98 Å². The van der Waals surface area contributed by atoms with Crippen LogP contribution in [0.5, 0.6) is 5.75 Å². The molecule has 66 valence electrons. The van der Waals surface area contributed by atoms with Gasteiger partial charge in [-0.05, 0) is 19.9 Å². The first kappa shape index (κ1) is 9.00. The van der Waals surface area contributed by atoms with Gasteiger partial charge < -0.3 is 9.84 Å². The van der Waals surface area contributed by atoms with Gasteiger partial charge in [-0.25, -0.2) is 0 Å². The number of nitrogens with zero attached hydrogens (tertiary/aromatic N) is 1. The minimum absolute atomic E-state index is 0.00130. The quantitative estimate of drug-likeness (QED) is 0.737. The fourth-order valence-corrected chi connectivity index (χ4v) is 1.01. The zero-order valence-corrected chi connectivity index (χ0v) is 7.37. The molecule has 1 aromatic heterocycles. The van der Waals surface area contributed by atoms with E-state index in [9.17, 15) is 0 Å². The lowest BCUT2D eigenvalue weighted by atomic mass is 10.2. The number of aliphatic hydroxyl groups excluding tert-OH is 1. The Kier molecular flexibility index (Phi) is 3.05. The summed E-state index contributed by atoms with van der Waals surface area (Å²) >= 11 is 0. The van der Waals surface area contributed by atoms with Crippen LogP contribution in [0, 0.1) is 6.92 Å². The number of hydrogen-bond donors (Lipinski definition) is 1. The van der Waals surface area contributed by atoms with E-state index < -0.39 is 0 Å². The lowest BCUT2D eigenvalue weighted by Gasteiger charge is -2.07. The van der Waals surface area contributed by atoms with Gasteiger partial charge in [-0.2, -0.15) is 0 Å². The van der Waals surface area contributed by atoms with Crippen LogP contribution >= 0.6 is 0 Å². The third kappa shape index (κ3) is 1.95. The molecule has 3 heteroatoms. The van der Waals surface area contributed by atoms with Gasteiger partial charge in [0.15, 0.2) is 0 Å². The van der Waals surface area contributed by atoms with Crippen molar-refractivity contribution < 1.29 is 9.84 Å². The van der Waals surface area contributed by atoms with E-state index >= 15 is 0 Å². The average Bonchev–Trinajstić information content (AvgIpc) is 2.08. The molecule has 0 atom stereocenters. The SMILES string of the molecule is CCOc1cnc(C)cc1CO. The van der Waals surface area contributed by atoms with Crippen molar-refractivity contribution in [3.05, 3.63) is 23.5 Å². The molecular formula is C9H13NO2. The highest BCUT2D eigenvalue weighted by Gasteiger charge is 2.02. The molecule has 12 heavy (non-hydrogen) atoms. The molecule has 0 aromatic carbocycles. The largest absolute Gasteiger partial charge is 0.492 e. The first-order chi connectivity index (χ1) is 5.77. The Hall–Kier alpha value is -1.09. The minimum Gasteiger partial charge on any atom is -0.492 e. The summed E-state index contributed by atoms with van der Waals surface area (Å²) in [5.74, 6) is 0.672. The highest BCUT2D eigenvalue weighted by molar-refractivity contribution is 5.31. The fraction of sp³-hybridized carbons (Fsp3) is 0.444. The predicted molar refractivity (Wildman–Crippen MR) is 46.1 cm³/mol. The van der Waals surface area contributed by atoms with Crippen molar-refractivity contribution >= 4 is 0 Å². The molecule has 0 aliphatic carbocycles. The van der Waals surface area contributed by atoms with E-state index in [-0.39, 0.29) is 6.61 Å². The molecule has 0 radical (unpaired) electrons. The van der Waals surface area contributed by atoms with E-state index in [1.54, 1.807) is 6.20 Å². The van der Waals surface area contributed by atoms with Gasteiger partial charge in [-0.15, -0.1) is 0 Å². The van der Waals surface area contributed by atoms with E-state index in [0.717, 1.165) is 11.3 Å². The van der Waals surface area contributed by atoms with Crippen LogP contribution in [0.1, 0.15) is 18.2 Å². The summed E-state index contributed by atoms with van der Waals surface area (Å²) in [5.41, 5.74) is 1.69. The van der Waals surface area contributed by atoms with Gasteiger partial charge in [0.2, 0.25) is 0 Å². The van der Waals surface area contributed by atoms with E-state index in [1.807, 2.05) is 19.9 Å². The topological polar surface area (TPSA) is 42.4 Å². The Morgan fingerprint density at radius 2 is 2.33 bits per heavy atom. The first-order valence-electron chi connectivity index (χ1n) is 3.97. The van der Waals surface area contributed by atoms with E-state index in [1.165, 1.54) is 0 Å². The molecule has 0 bridgehead atoms. The number of aliphatic hydroxyl groups is 1. The first-order valence-corrected chi connectivity index (χ1v) is 3.97. The molecule has 0 fully saturated rings. The third-order valence-corrected chi connectivity index (χ3v) is 1.56. The number of hydrogen-bond acceptors (Lipinski definition) is 3. The van der Waals surface area contributed by atoms with Crippen LogP contribution in [-0.4, -0.2) is 16.7 Å². The van der Waals surface area contributed by atoms with Crippen molar-refractivity contribution in [2.24, 2.45) is 0 Å². The summed E-state index contributed by atoms with van der Waals surface area (Å²) in [5, 5.41) is 8.96. The molecule has 0 amide bonds. The molecule has 0 saturated carbocycles. The highest BCUT2D eigenvalue weighted by atomic mass is 16.5. The molecule has 0 saturated heterocycles. The number of aromatic nitrogens is 1. The summed E-state index contributed by atoms with van der Waals surface area (Å²) in [6.45, 7) is 4.38. The van der Waals surface area contributed by atoms with Crippen LogP contribution in [0.25, 0.3) is 0 Å². The van der Waals surface area contributed by atoms with Gasteiger partial charge in [0, 0.05) is 11.3 Å². The second-order valence-corrected chi connectivity index (χ2v) is 2.52. The maximum Gasteiger partial charge on any atom is 0.143 e. The molecule has 1 rings (SSSR count). The lowest BCUT2D eigenvalue weighted by molar-refractivity contribution is 0.266. The van der Waals surface area contributed by atoms with E-state index in [0.29, 0.717) is 12.4 Å². The Labute approximate surface area is 72.0 Å². The maximum absolute atomic E-state index is 8.96. The molecular weight excluding hydrogens is 154 g/mol. The maximum atomic E-state index is 8.96. The van der Waals surface area contributed by atoms with E-state index in [4.69, 9.17) is 9.84 Å². The van der Waals surface area contributed by atoms with Gasteiger partial charge in [0.05, 0.1) is 19.4 Å². The van der Waals surface area contributed by atoms with Crippen LogP contribution < -0.4 is 4.74 Å². The predicted octanol–water partition coefficient (Wildman–Crippen LogP) is 1.28. The van der Waals surface area contributed by atoms with Crippen molar-refractivity contribution in [2.45, 2.75) is 20.5 Å². The van der Waals surface area contributed by atoms with Crippen LogP contribution in [0.15, 0.2) is 12.3 Å². The minimum atomic E-state index is -0.00130. The smallest absolute Gasteiger partial charge is 0.143 e. The van der Waals surface area contributed by atoms with Crippen molar-refractivity contribution in [2.75, 3.05) is 6.61 Å². The number of rotatable bonds is 3. The summed E-state index contributed by atoms with van der Waals surface area (Å²) in [4.78, 5) is 4.07. The molecule has 1 heterocycles. The number of ether oxygens (including phenoxy) is 1. The summed E-state index contributed by atoms with van der Waals surface area (Å²) in [6, 6.07) is 1.82. The Balaban J connectivity index is 2.94. The van der Waals surface area contributed by atoms with Gasteiger partial charge in [-0.3, -0.25) is 4.98 Å². The van der Waals surface area contributed by atoms with Gasteiger partial charge in [0.25, 0.3) is 0 Å². The van der Waals surface area contributed by atoms with Crippen molar-refractivity contribution in [3.63, 3.8) is 0 Å². The summed E-state index contributed by atoms with van der Waals surface area (Å²) in [7, 11) is 0. The molecule has 3 nitrogen and oxygen atoms in total.